The molecule has 1 N–H and O–H groups in total. The van der Waals surface area contributed by atoms with Crippen molar-refractivity contribution < 1.29 is 0 Å². The molecule has 0 aliphatic heterocycles. The van der Waals surface area contributed by atoms with Crippen molar-refractivity contribution in [2.45, 2.75) is 44.7 Å². The number of aromatic nitrogens is 2. The van der Waals surface area contributed by atoms with E-state index in [1.165, 1.54) is 38.6 Å². The van der Waals surface area contributed by atoms with E-state index in [0.717, 1.165) is 12.6 Å². The van der Waals surface area contributed by atoms with Crippen LogP contribution in [0.4, 0.5) is 0 Å². The Labute approximate surface area is 85.5 Å². The van der Waals surface area contributed by atoms with Gasteiger partial charge in [-0.25, -0.2) is 4.98 Å². The summed E-state index contributed by atoms with van der Waals surface area (Å²) in [5, 5.41) is 3.57. The summed E-state index contributed by atoms with van der Waals surface area (Å²) in [5.41, 5.74) is 0. The fourth-order valence-electron chi connectivity index (χ4n) is 1.76. The third-order valence-corrected chi connectivity index (χ3v) is 2.94. The van der Waals surface area contributed by atoms with Gasteiger partial charge in [0.15, 0.2) is 0 Å². The molecule has 78 valence electrons. The van der Waals surface area contributed by atoms with Gasteiger partial charge in [-0.15, -0.1) is 0 Å². The molecule has 0 atom stereocenters. The van der Waals surface area contributed by atoms with Crippen LogP contribution in [0, 0.1) is 0 Å². The van der Waals surface area contributed by atoms with Crippen LogP contribution >= 0.6 is 0 Å². The SMILES string of the molecule is c1cn(CCCCNC2CCC2)cn1. The van der Waals surface area contributed by atoms with E-state index in [-0.39, 0.29) is 0 Å². The Hall–Kier alpha value is -0.830. The first-order valence-corrected chi connectivity index (χ1v) is 5.64. The first-order chi connectivity index (χ1) is 6.95. The zero-order valence-electron chi connectivity index (χ0n) is 8.65. The molecule has 0 saturated heterocycles. The molecule has 3 heteroatoms. The van der Waals surface area contributed by atoms with Gasteiger partial charge in [0.2, 0.25) is 0 Å². The normalized spacial score (nSPS) is 16.9. The number of aryl methyl sites for hydroxylation is 1. The van der Waals surface area contributed by atoms with Gasteiger partial charge < -0.3 is 9.88 Å². The molecule has 0 unspecified atom stereocenters. The molecule has 1 heterocycles. The Morgan fingerprint density at radius 3 is 2.93 bits per heavy atom. The Bertz CT molecular complexity index is 239. The Morgan fingerprint density at radius 1 is 1.36 bits per heavy atom. The molecule has 1 aliphatic rings. The van der Waals surface area contributed by atoms with Crippen LogP contribution in [-0.4, -0.2) is 22.1 Å². The summed E-state index contributed by atoms with van der Waals surface area (Å²) in [4.78, 5) is 4.02. The van der Waals surface area contributed by atoms with Crippen molar-refractivity contribution in [3.8, 4) is 0 Å². The second-order valence-corrected chi connectivity index (χ2v) is 4.09. The van der Waals surface area contributed by atoms with Crippen molar-refractivity contribution in [2.24, 2.45) is 0 Å². The third kappa shape index (κ3) is 2.84. The van der Waals surface area contributed by atoms with Gasteiger partial charge in [-0.1, -0.05) is 6.42 Å². The molecule has 1 saturated carbocycles. The summed E-state index contributed by atoms with van der Waals surface area (Å²) in [6, 6.07) is 0.836. The lowest BCUT2D eigenvalue weighted by Gasteiger charge is -2.26. The van der Waals surface area contributed by atoms with Crippen molar-refractivity contribution in [1.29, 1.82) is 0 Å². The third-order valence-electron chi connectivity index (χ3n) is 2.94. The van der Waals surface area contributed by atoms with E-state index in [4.69, 9.17) is 0 Å². The Kier molecular flexibility index (Phi) is 3.57. The van der Waals surface area contributed by atoms with Gasteiger partial charge >= 0.3 is 0 Å². The second kappa shape index (κ2) is 5.15. The number of unbranched alkanes of at least 4 members (excludes halogenated alkanes) is 1. The number of nitrogens with one attached hydrogen (secondary N) is 1. The smallest absolute Gasteiger partial charge is 0.0945 e. The zero-order valence-corrected chi connectivity index (χ0v) is 8.65. The van der Waals surface area contributed by atoms with E-state index in [9.17, 15) is 0 Å². The van der Waals surface area contributed by atoms with E-state index in [1.54, 1.807) is 0 Å². The van der Waals surface area contributed by atoms with Gasteiger partial charge in [0.25, 0.3) is 0 Å². The largest absolute Gasteiger partial charge is 0.337 e. The average Bonchev–Trinajstić information content (AvgIpc) is 2.60. The topological polar surface area (TPSA) is 29.9 Å². The summed E-state index contributed by atoms with van der Waals surface area (Å²) >= 11 is 0. The molecule has 1 aliphatic carbocycles. The van der Waals surface area contributed by atoms with Crippen molar-refractivity contribution in [2.75, 3.05) is 6.54 Å². The van der Waals surface area contributed by atoms with Crippen LogP contribution in [0.5, 0.6) is 0 Å². The van der Waals surface area contributed by atoms with E-state index in [1.807, 2.05) is 18.7 Å². The number of rotatable bonds is 6. The molecule has 1 aromatic rings. The highest BCUT2D eigenvalue weighted by atomic mass is 15.0. The van der Waals surface area contributed by atoms with Gasteiger partial charge in [0, 0.05) is 25.0 Å². The van der Waals surface area contributed by atoms with E-state index in [0.29, 0.717) is 0 Å². The standard InChI is InChI=1S/C11H19N3/c1(6-13-11-4-3-5-11)2-8-14-9-7-12-10-14/h7,9-11,13H,1-6,8H2. The van der Waals surface area contributed by atoms with Crippen molar-refractivity contribution in [3.63, 3.8) is 0 Å². The highest BCUT2D eigenvalue weighted by Crippen LogP contribution is 2.17. The predicted octanol–water partition coefficient (Wildman–Crippen LogP) is 1.81. The predicted molar refractivity (Wildman–Crippen MR) is 57.1 cm³/mol. The molecule has 0 radical (unpaired) electrons. The van der Waals surface area contributed by atoms with Crippen molar-refractivity contribution in [3.05, 3.63) is 18.7 Å². The molecular formula is C11H19N3. The molecule has 0 aromatic carbocycles. The summed E-state index contributed by atoms with van der Waals surface area (Å²) in [6.45, 7) is 2.28. The zero-order chi connectivity index (χ0) is 9.64. The summed E-state index contributed by atoms with van der Waals surface area (Å²) in [6.07, 6.45) is 12.5. The van der Waals surface area contributed by atoms with Gasteiger partial charge in [-0.05, 0) is 32.2 Å². The van der Waals surface area contributed by atoms with Crippen LogP contribution in [-0.2, 0) is 6.54 Å². The minimum Gasteiger partial charge on any atom is -0.337 e. The average molecular weight is 193 g/mol. The van der Waals surface area contributed by atoms with Crippen LogP contribution in [0.3, 0.4) is 0 Å². The summed E-state index contributed by atoms with van der Waals surface area (Å²) < 4.78 is 2.14. The summed E-state index contributed by atoms with van der Waals surface area (Å²) in [5.74, 6) is 0. The second-order valence-electron chi connectivity index (χ2n) is 4.09. The number of imidazole rings is 1. The molecule has 1 fully saturated rings. The van der Waals surface area contributed by atoms with E-state index >= 15 is 0 Å². The molecule has 1 aromatic heterocycles. The monoisotopic (exact) mass is 193 g/mol. The Balaban J connectivity index is 1.47. The summed E-state index contributed by atoms with van der Waals surface area (Å²) in [7, 11) is 0. The van der Waals surface area contributed by atoms with Gasteiger partial charge in [-0.3, -0.25) is 0 Å². The minimum atomic E-state index is 0.836. The van der Waals surface area contributed by atoms with Crippen LogP contribution in [0.15, 0.2) is 18.7 Å². The highest BCUT2D eigenvalue weighted by Gasteiger charge is 2.15. The quantitative estimate of drug-likeness (QED) is 0.698. The van der Waals surface area contributed by atoms with Crippen LogP contribution in [0.2, 0.25) is 0 Å². The lowest BCUT2D eigenvalue weighted by atomic mass is 9.93. The van der Waals surface area contributed by atoms with Crippen LogP contribution < -0.4 is 5.32 Å². The molecule has 14 heavy (non-hydrogen) atoms. The molecule has 3 nitrogen and oxygen atoms in total. The lowest BCUT2D eigenvalue weighted by Crippen LogP contribution is -2.35. The van der Waals surface area contributed by atoms with Crippen LogP contribution in [0.1, 0.15) is 32.1 Å². The Morgan fingerprint density at radius 2 is 2.29 bits per heavy atom. The van der Waals surface area contributed by atoms with Crippen molar-refractivity contribution in [1.82, 2.24) is 14.9 Å². The van der Waals surface area contributed by atoms with Gasteiger partial charge in [-0.2, -0.15) is 0 Å². The van der Waals surface area contributed by atoms with Crippen molar-refractivity contribution >= 4 is 0 Å². The number of hydrogen-bond donors (Lipinski definition) is 1. The fourth-order valence-corrected chi connectivity index (χ4v) is 1.76. The lowest BCUT2D eigenvalue weighted by molar-refractivity contribution is 0.336. The number of hydrogen-bond acceptors (Lipinski definition) is 2. The first-order valence-electron chi connectivity index (χ1n) is 5.64. The molecule has 0 bridgehead atoms. The maximum atomic E-state index is 4.02. The number of nitrogens with zero attached hydrogens (tertiary/aromatic N) is 2. The van der Waals surface area contributed by atoms with Gasteiger partial charge in [0.1, 0.15) is 0 Å². The molecular weight excluding hydrogens is 174 g/mol. The molecule has 2 rings (SSSR count). The van der Waals surface area contributed by atoms with E-state index < -0.39 is 0 Å². The van der Waals surface area contributed by atoms with Gasteiger partial charge in [0.05, 0.1) is 6.33 Å². The first kappa shape index (κ1) is 9.71. The highest BCUT2D eigenvalue weighted by molar-refractivity contribution is 4.76. The minimum absolute atomic E-state index is 0.836. The fraction of sp³-hybridized carbons (Fsp3) is 0.727. The van der Waals surface area contributed by atoms with E-state index in [2.05, 4.69) is 14.9 Å². The maximum absolute atomic E-state index is 4.02. The molecule has 0 spiro atoms. The van der Waals surface area contributed by atoms with Crippen LogP contribution in [0.25, 0.3) is 0 Å². The molecule has 0 amide bonds. The maximum Gasteiger partial charge on any atom is 0.0945 e.